The van der Waals surface area contributed by atoms with E-state index in [2.05, 4.69) is 25.8 Å². The molecule has 0 bridgehead atoms. The standard InChI is InChI=1S/C24H24N6O2S/c1-16-7-12-21(32-3)20(14-16)27-23(31)26-18-10-8-17(9-11-18)22-28-29-24(30(22)2)33-15-19-6-4-5-13-25-19/h4-14H,15H2,1-3H3,(H2,26,27,31). The Morgan fingerprint density at radius 2 is 1.88 bits per heavy atom. The molecular formula is C24H24N6O2S. The zero-order valence-corrected chi connectivity index (χ0v) is 19.4. The van der Waals surface area contributed by atoms with Gasteiger partial charge in [0.1, 0.15) is 5.75 Å². The number of aromatic nitrogens is 4. The molecule has 2 aromatic heterocycles. The number of methoxy groups -OCH3 is 1. The Morgan fingerprint density at radius 1 is 1.06 bits per heavy atom. The largest absolute Gasteiger partial charge is 0.495 e. The number of aryl methyl sites for hydroxylation is 1. The highest BCUT2D eigenvalue weighted by Crippen LogP contribution is 2.27. The van der Waals surface area contributed by atoms with Gasteiger partial charge < -0.3 is 19.9 Å². The molecule has 0 aliphatic carbocycles. The molecule has 0 saturated carbocycles. The van der Waals surface area contributed by atoms with Crippen LogP contribution >= 0.6 is 11.8 Å². The van der Waals surface area contributed by atoms with Crippen molar-refractivity contribution in [3.05, 3.63) is 78.1 Å². The van der Waals surface area contributed by atoms with Crippen molar-refractivity contribution in [3.63, 3.8) is 0 Å². The highest BCUT2D eigenvalue weighted by atomic mass is 32.2. The number of urea groups is 1. The summed E-state index contributed by atoms with van der Waals surface area (Å²) in [6.07, 6.45) is 1.78. The average Bonchev–Trinajstić information content (AvgIpc) is 3.19. The van der Waals surface area contributed by atoms with Gasteiger partial charge in [-0.2, -0.15) is 0 Å². The molecule has 2 amide bonds. The van der Waals surface area contributed by atoms with Crippen molar-refractivity contribution in [2.45, 2.75) is 17.8 Å². The Kier molecular flexibility index (Phi) is 6.89. The third kappa shape index (κ3) is 5.50. The summed E-state index contributed by atoms with van der Waals surface area (Å²) in [7, 11) is 3.51. The number of carbonyl (C=O) groups is 1. The molecule has 0 unspecified atom stereocenters. The Bertz CT molecular complexity index is 1240. The maximum Gasteiger partial charge on any atom is 0.323 e. The van der Waals surface area contributed by atoms with Gasteiger partial charge in [0, 0.05) is 30.2 Å². The number of benzene rings is 2. The predicted molar refractivity (Wildman–Crippen MR) is 131 cm³/mol. The molecule has 0 fully saturated rings. The number of ether oxygens (including phenoxy) is 1. The number of hydrogen-bond acceptors (Lipinski definition) is 6. The van der Waals surface area contributed by atoms with Gasteiger partial charge in [-0.15, -0.1) is 10.2 Å². The number of anilines is 2. The van der Waals surface area contributed by atoms with Gasteiger partial charge in [-0.25, -0.2) is 4.79 Å². The normalized spacial score (nSPS) is 10.6. The van der Waals surface area contributed by atoms with Crippen molar-refractivity contribution < 1.29 is 9.53 Å². The summed E-state index contributed by atoms with van der Waals surface area (Å²) in [5, 5.41) is 15.1. The van der Waals surface area contributed by atoms with Crippen LogP contribution in [0.25, 0.3) is 11.4 Å². The van der Waals surface area contributed by atoms with Gasteiger partial charge in [-0.05, 0) is 61.0 Å². The monoisotopic (exact) mass is 460 g/mol. The van der Waals surface area contributed by atoms with Crippen LogP contribution < -0.4 is 15.4 Å². The minimum absolute atomic E-state index is 0.349. The number of pyridine rings is 1. The summed E-state index contributed by atoms with van der Waals surface area (Å²) in [5.41, 5.74) is 4.19. The van der Waals surface area contributed by atoms with E-state index >= 15 is 0 Å². The van der Waals surface area contributed by atoms with Crippen LogP contribution in [0.5, 0.6) is 5.75 Å². The van der Waals surface area contributed by atoms with E-state index in [9.17, 15) is 4.79 Å². The van der Waals surface area contributed by atoms with Crippen LogP contribution in [0.1, 0.15) is 11.3 Å². The van der Waals surface area contributed by atoms with Gasteiger partial charge in [0.2, 0.25) is 0 Å². The van der Waals surface area contributed by atoms with Crippen LogP contribution in [0, 0.1) is 6.92 Å². The molecule has 4 rings (SSSR count). The highest BCUT2D eigenvalue weighted by Gasteiger charge is 2.13. The fourth-order valence-electron chi connectivity index (χ4n) is 3.22. The van der Waals surface area contributed by atoms with Gasteiger partial charge >= 0.3 is 6.03 Å². The summed E-state index contributed by atoms with van der Waals surface area (Å²) in [4.78, 5) is 16.8. The van der Waals surface area contributed by atoms with Crippen LogP contribution in [0.3, 0.4) is 0 Å². The Balaban J connectivity index is 1.40. The average molecular weight is 461 g/mol. The molecule has 9 heteroatoms. The van der Waals surface area contributed by atoms with Crippen LogP contribution in [-0.4, -0.2) is 32.9 Å². The van der Waals surface area contributed by atoms with Crippen molar-refractivity contribution in [1.29, 1.82) is 0 Å². The number of amides is 2. The SMILES string of the molecule is COc1ccc(C)cc1NC(=O)Nc1ccc(-c2nnc(SCc3ccccn3)n2C)cc1. The number of carbonyl (C=O) groups excluding carboxylic acids is 1. The molecule has 8 nitrogen and oxygen atoms in total. The first-order chi connectivity index (χ1) is 16.0. The molecule has 0 atom stereocenters. The molecule has 33 heavy (non-hydrogen) atoms. The third-order valence-electron chi connectivity index (χ3n) is 4.91. The van der Waals surface area contributed by atoms with Gasteiger partial charge in [-0.3, -0.25) is 4.98 Å². The topological polar surface area (TPSA) is 94.0 Å². The lowest BCUT2D eigenvalue weighted by molar-refractivity contribution is 0.262. The first-order valence-corrected chi connectivity index (χ1v) is 11.3. The van der Waals surface area contributed by atoms with E-state index < -0.39 is 0 Å². The Morgan fingerprint density at radius 3 is 2.61 bits per heavy atom. The number of hydrogen-bond donors (Lipinski definition) is 2. The zero-order valence-electron chi connectivity index (χ0n) is 18.6. The molecule has 2 aromatic carbocycles. The molecule has 0 aliphatic rings. The van der Waals surface area contributed by atoms with E-state index in [1.54, 1.807) is 25.1 Å². The summed E-state index contributed by atoms with van der Waals surface area (Å²) in [6, 6.07) is 18.6. The van der Waals surface area contributed by atoms with Gasteiger partial charge in [0.25, 0.3) is 0 Å². The molecule has 2 heterocycles. The molecule has 4 aromatic rings. The summed E-state index contributed by atoms with van der Waals surface area (Å²) in [5.74, 6) is 2.07. The molecule has 0 saturated heterocycles. The lowest BCUT2D eigenvalue weighted by Gasteiger charge is -2.12. The van der Waals surface area contributed by atoms with Crippen LogP contribution in [0.2, 0.25) is 0 Å². The number of nitrogens with zero attached hydrogens (tertiary/aromatic N) is 4. The first kappa shape index (κ1) is 22.3. The second kappa shape index (κ2) is 10.2. The molecule has 0 spiro atoms. The van der Waals surface area contributed by atoms with Crippen molar-refractivity contribution in [2.75, 3.05) is 17.7 Å². The number of rotatable bonds is 7. The molecular weight excluding hydrogens is 436 g/mol. The maximum absolute atomic E-state index is 12.5. The number of thioether (sulfide) groups is 1. The minimum Gasteiger partial charge on any atom is -0.495 e. The maximum atomic E-state index is 12.5. The molecule has 2 N–H and O–H groups in total. The Hall–Kier alpha value is -3.85. The van der Waals surface area contributed by atoms with Gasteiger partial charge in [0.05, 0.1) is 18.5 Å². The van der Waals surface area contributed by atoms with Gasteiger partial charge in [0.15, 0.2) is 11.0 Å². The van der Waals surface area contributed by atoms with E-state index in [0.717, 1.165) is 33.6 Å². The van der Waals surface area contributed by atoms with E-state index in [1.165, 1.54) is 0 Å². The summed E-state index contributed by atoms with van der Waals surface area (Å²) in [6.45, 7) is 1.95. The number of nitrogens with one attached hydrogen (secondary N) is 2. The van der Waals surface area contributed by atoms with Crippen LogP contribution in [-0.2, 0) is 12.8 Å². The second-order valence-electron chi connectivity index (χ2n) is 7.34. The first-order valence-electron chi connectivity index (χ1n) is 10.3. The fourth-order valence-corrected chi connectivity index (χ4v) is 4.05. The molecule has 0 aliphatic heterocycles. The van der Waals surface area contributed by atoms with E-state index in [0.29, 0.717) is 17.1 Å². The Labute approximate surface area is 196 Å². The lowest BCUT2D eigenvalue weighted by Crippen LogP contribution is -2.19. The molecule has 0 radical (unpaired) electrons. The minimum atomic E-state index is -0.349. The van der Waals surface area contributed by atoms with Crippen molar-refractivity contribution >= 4 is 29.2 Å². The zero-order chi connectivity index (χ0) is 23.2. The fraction of sp³-hybridized carbons (Fsp3) is 0.167. The van der Waals surface area contributed by atoms with E-state index in [1.807, 2.05) is 79.2 Å². The summed E-state index contributed by atoms with van der Waals surface area (Å²) < 4.78 is 7.26. The van der Waals surface area contributed by atoms with Crippen LogP contribution in [0.15, 0.2) is 72.0 Å². The smallest absolute Gasteiger partial charge is 0.323 e. The second-order valence-corrected chi connectivity index (χ2v) is 8.28. The van der Waals surface area contributed by atoms with Crippen LogP contribution in [0.4, 0.5) is 16.2 Å². The van der Waals surface area contributed by atoms with Crippen molar-refractivity contribution in [3.8, 4) is 17.1 Å². The predicted octanol–water partition coefficient (Wildman–Crippen LogP) is 5.13. The lowest BCUT2D eigenvalue weighted by atomic mass is 10.2. The van der Waals surface area contributed by atoms with Crippen molar-refractivity contribution in [1.82, 2.24) is 19.7 Å². The quantitative estimate of drug-likeness (QED) is 0.371. The van der Waals surface area contributed by atoms with E-state index in [-0.39, 0.29) is 6.03 Å². The highest BCUT2D eigenvalue weighted by molar-refractivity contribution is 7.98. The third-order valence-corrected chi connectivity index (χ3v) is 5.97. The van der Waals surface area contributed by atoms with Gasteiger partial charge in [-0.1, -0.05) is 23.9 Å². The summed E-state index contributed by atoms with van der Waals surface area (Å²) >= 11 is 1.58. The van der Waals surface area contributed by atoms with Crippen molar-refractivity contribution in [2.24, 2.45) is 7.05 Å². The molecule has 168 valence electrons. The van der Waals surface area contributed by atoms with E-state index in [4.69, 9.17) is 4.74 Å².